The van der Waals surface area contributed by atoms with Crippen molar-refractivity contribution in [1.29, 1.82) is 0 Å². The SMILES string of the molecule is CC1(C)OB(c2ccc3sc(C4CCN(C5CC5)CC4)nc3c2)OC1(C)C. The van der Waals surface area contributed by atoms with E-state index >= 15 is 0 Å². The zero-order chi connectivity index (χ0) is 18.8. The molecule has 2 aliphatic heterocycles. The highest BCUT2D eigenvalue weighted by atomic mass is 32.1. The molecule has 2 saturated heterocycles. The van der Waals surface area contributed by atoms with Crippen LogP contribution in [0.4, 0.5) is 0 Å². The number of benzene rings is 1. The molecule has 0 N–H and O–H groups in total. The molecule has 3 heterocycles. The van der Waals surface area contributed by atoms with E-state index in [9.17, 15) is 0 Å². The average molecular weight is 384 g/mol. The normalized spacial score (nSPS) is 26.1. The van der Waals surface area contributed by atoms with Crippen LogP contribution in [0.1, 0.15) is 64.3 Å². The van der Waals surface area contributed by atoms with Crippen molar-refractivity contribution in [2.75, 3.05) is 13.1 Å². The van der Waals surface area contributed by atoms with Gasteiger partial charge in [-0.15, -0.1) is 11.3 Å². The van der Waals surface area contributed by atoms with Crippen LogP contribution in [0.15, 0.2) is 18.2 Å². The number of rotatable bonds is 3. The third kappa shape index (κ3) is 3.25. The largest absolute Gasteiger partial charge is 0.494 e. The fourth-order valence-corrected chi connectivity index (χ4v) is 5.33. The second-order valence-corrected chi connectivity index (χ2v) is 10.5. The topological polar surface area (TPSA) is 34.6 Å². The minimum absolute atomic E-state index is 0.310. The van der Waals surface area contributed by atoms with Gasteiger partial charge in [-0.25, -0.2) is 4.98 Å². The number of nitrogens with zero attached hydrogens (tertiary/aromatic N) is 2. The van der Waals surface area contributed by atoms with Crippen molar-refractivity contribution >= 4 is 34.1 Å². The Hall–Kier alpha value is -0.945. The van der Waals surface area contributed by atoms with Gasteiger partial charge in [-0.05, 0) is 84.1 Å². The summed E-state index contributed by atoms with van der Waals surface area (Å²) in [5.74, 6) is 0.623. The molecule has 27 heavy (non-hydrogen) atoms. The zero-order valence-corrected chi connectivity index (χ0v) is 17.6. The summed E-state index contributed by atoms with van der Waals surface area (Å²) in [5.41, 5.74) is 1.54. The highest BCUT2D eigenvalue weighted by Crippen LogP contribution is 2.38. The Kier molecular flexibility index (Phi) is 4.21. The highest BCUT2D eigenvalue weighted by Gasteiger charge is 2.51. The number of piperidine rings is 1. The lowest BCUT2D eigenvalue weighted by Gasteiger charge is -2.32. The third-order valence-corrected chi connectivity index (χ3v) is 8.09. The van der Waals surface area contributed by atoms with Gasteiger partial charge in [-0.3, -0.25) is 0 Å². The van der Waals surface area contributed by atoms with E-state index in [1.807, 2.05) is 11.3 Å². The van der Waals surface area contributed by atoms with Crippen LogP contribution in [-0.4, -0.2) is 47.3 Å². The molecule has 5 rings (SSSR count). The maximum atomic E-state index is 6.21. The highest BCUT2D eigenvalue weighted by molar-refractivity contribution is 7.18. The summed E-state index contributed by atoms with van der Waals surface area (Å²) >= 11 is 1.87. The Morgan fingerprint density at radius 2 is 1.70 bits per heavy atom. The van der Waals surface area contributed by atoms with E-state index in [2.05, 4.69) is 50.8 Å². The minimum Gasteiger partial charge on any atom is -0.399 e. The van der Waals surface area contributed by atoms with Crippen molar-refractivity contribution in [1.82, 2.24) is 9.88 Å². The Morgan fingerprint density at radius 3 is 2.33 bits per heavy atom. The van der Waals surface area contributed by atoms with Gasteiger partial charge in [0.1, 0.15) is 0 Å². The predicted octanol–water partition coefficient (Wildman–Crippen LogP) is 3.94. The number of aromatic nitrogens is 1. The third-order valence-electron chi connectivity index (χ3n) is 6.90. The molecule has 144 valence electrons. The van der Waals surface area contributed by atoms with E-state index in [1.165, 1.54) is 48.5 Å². The van der Waals surface area contributed by atoms with Crippen LogP contribution in [-0.2, 0) is 9.31 Å². The van der Waals surface area contributed by atoms with Gasteiger partial charge >= 0.3 is 7.12 Å². The van der Waals surface area contributed by atoms with Gasteiger partial charge in [0.15, 0.2) is 0 Å². The molecule has 0 radical (unpaired) electrons. The van der Waals surface area contributed by atoms with E-state index in [4.69, 9.17) is 14.3 Å². The molecule has 1 aliphatic carbocycles. The molecule has 1 saturated carbocycles. The Balaban J connectivity index is 1.35. The van der Waals surface area contributed by atoms with Gasteiger partial charge in [0, 0.05) is 12.0 Å². The summed E-state index contributed by atoms with van der Waals surface area (Å²) in [7, 11) is -0.314. The van der Waals surface area contributed by atoms with Crippen molar-refractivity contribution < 1.29 is 9.31 Å². The fraction of sp³-hybridized carbons (Fsp3) is 0.667. The molecular weight excluding hydrogens is 355 g/mol. The minimum atomic E-state index is -0.314. The lowest BCUT2D eigenvalue weighted by atomic mass is 9.79. The first-order valence-corrected chi connectivity index (χ1v) is 11.1. The molecule has 3 fully saturated rings. The standard InChI is InChI=1S/C21H29BN2O2S/c1-20(2)21(3,4)26-22(25-20)15-5-8-18-17(13-15)23-19(27-18)14-9-11-24(12-10-14)16-6-7-16/h5,8,13-14,16H,6-7,9-12H2,1-4H3. The van der Waals surface area contributed by atoms with Gasteiger partial charge < -0.3 is 14.2 Å². The van der Waals surface area contributed by atoms with Crippen LogP contribution in [0, 0.1) is 0 Å². The van der Waals surface area contributed by atoms with Gasteiger partial charge in [0.2, 0.25) is 0 Å². The molecule has 2 aromatic rings. The van der Waals surface area contributed by atoms with Crippen LogP contribution in [0.25, 0.3) is 10.2 Å². The molecule has 0 bridgehead atoms. The molecule has 0 unspecified atom stereocenters. The molecular formula is C21H29BN2O2S. The van der Waals surface area contributed by atoms with E-state index in [1.54, 1.807) is 0 Å². The first kappa shape index (κ1) is 18.1. The van der Waals surface area contributed by atoms with Crippen LogP contribution >= 0.6 is 11.3 Å². The maximum absolute atomic E-state index is 6.21. The summed E-state index contributed by atoms with van der Waals surface area (Å²) in [6.45, 7) is 10.9. The Bertz CT molecular complexity index is 837. The van der Waals surface area contributed by atoms with Gasteiger partial charge in [-0.2, -0.15) is 0 Å². The van der Waals surface area contributed by atoms with Crippen molar-refractivity contribution in [3.63, 3.8) is 0 Å². The molecule has 0 atom stereocenters. The van der Waals surface area contributed by atoms with Gasteiger partial charge in [0.05, 0.1) is 26.4 Å². The summed E-state index contributed by atoms with van der Waals surface area (Å²) in [6, 6.07) is 7.39. The number of thiazole rings is 1. The number of fused-ring (bicyclic) bond motifs is 1. The van der Waals surface area contributed by atoms with Gasteiger partial charge in [-0.1, -0.05) is 6.07 Å². The second kappa shape index (κ2) is 6.28. The first-order valence-electron chi connectivity index (χ1n) is 10.3. The van der Waals surface area contributed by atoms with Crippen molar-refractivity contribution in [2.24, 2.45) is 0 Å². The van der Waals surface area contributed by atoms with E-state index in [-0.39, 0.29) is 18.3 Å². The molecule has 4 nitrogen and oxygen atoms in total. The number of hydrogen-bond donors (Lipinski definition) is 0. The van der Waals surface area contributed by atoms with Crippen LogP contribution in [0.2, 0.25) is 0 Å². The summed E-state index contributed by atoms with van der Waals surface area (Å²) in [5, 5.41) is 1.31. The van der Waals surface area contributed by atoms with Crippen molar-refractivity contribution in [2.45, 2.75) is 76.5 Å². The summed E-state index contributed by atoms with van der Waals surface area (Å²) in [4.78, 5) is 7.70. The molecule has 1 aromatic carbocycles. The number of hydrogen-bond acceptors (Lipinski definition) is 5. The Labute approximate surface area is 166 Å². The van der Waals surface area contributed by atoms with Crippen molar-refractivity contribution in [3.8, 4) is 0 Å². The molecule has 0 amide bonds. The van der Waals surface area contributed by atoms with Crippen LogP contribution < -0.4 is 5.46 Å². The quantitative estimate of drug-likeness (QED) is 0.751. The predicted molar refractivity (Wildman–Crippen MR) is 112 cm³/mol. The molecule has 1 aromatic heterocycles. The lowest BCUT2D eigenvalue weighted by molar-refractivity contribution is 0.00578. The molecule has 0 spiro atoms. The fourth-order valence-electron chi connectivity index (χ4n) is 4.21. The van der Waals surface area contributed by atoms with Crippen LogP contribution in [0.5, 0.6) is 0 Å². The zero-order valence-electron chi connectivity index (χ0n) is 16.8. The lowest BCUT2D eigenvalue weighted by Crippen LogP contribution is -2.41. The van der Waals surface area contributed by atoms with E-state index in [0.29, 0.717) is 5.92 Å². The van der Waals surface area contributed by atoms with E-state index < -0.39 is 0 Å². The smallest absolute Gasteiger partial charge is 0.399 e. The average Bonchev–Trinajstić information content (AvgIpc) is 3.34. The monoisotopic (exact) mass is 384 g/mol. The Morgan fingerprint density at radius 1 is 1.04 bits per heavy atom. The number of likely N-dealkylation sites (tertiary alicyclic amines) is 1. The van der Waals surface area contributed by atoms with Crippen molar-refractivity contribution in [3.05, 3.63) is 23.2 Å². The summed E-state index contributed by atoms with van der Waals surface area (Å²) in [6.07, 6.45) is 5.32. The molecule has 3 aliphatic rings. The van der Waals surface area contributed by atoms with Crippen LogP contribution in [0.3, 0.4) is 0 Å². The first-order chi connectivity index (χ1) is 12.8. The summed E-state index contributed by atoms with van der Waals surface area (Å²) < 4.78 is 13.7. The maximum Gasteiger partial charge on any atom is 0.494 e. The van der Waals surface area contributed by atoms with Gasteiger partial charge in [0.25, 0.3) is 0 Å². The van der Waals surface area contributed by atoms with E-state index in [0.717, 1.165) is 17.0 Å². The second-order valence-electron chi connectivity index (χ2n) is 9.41. The molecule has 6 heteroatoms.